The van der Waals surface area contributed by atoms with Gasteiger partial charge >= 0.3 is 0 Å². The summed E-state index contributed by atoms with van der Waals surface area (Å²) in [6, 6.07) is 59.9. The van der Waals surface area contributed by atoms with Crippen molar-refractivity contribution in [1.29, 1.82) is 5.26 Å². The predicted octanol–water partition coefficient (Wildman–Crippen LogP) is 12.6. The third-order valence-corrected chi connectivity index (χ3v) is 10.6. The SMILES string of the molecule is N#Cc1ccc2c3c1ccc1cc(-c4cc5ccc6cc(-c7ccc8ccccc8c7)cc7ccc(c4)c5c67)cc(c13)n2-c1ccccc1. The van der Waals surface area contributed by atoms with Gasteiger partial charge in [-0.2, -0.15) is 5.26 Å². The van der Waals surface area contributed by atoms with Crippen LogP contribution in [0, 0.1) is 11.3 Å². The maximum atomic E-state index is 9.93. The summed E-state index contributed by atoms with van der Waals surface area (Å²) in [6.45, 7) is 0. The molecule has 49 heavy (non-hydrogen) atoms. The van der Waals surface area contributed by atoms with Crippen molar-refractivity contribution in [3.05, 3.63) is 163 Å². The average Bonchev–Trinajstić information content (AvgIpc) is 3.50. The molecule has 2 heteroatoms. The van der Waals surface area contributed by atoms with Crippen LogP contribution in [-0.2, 0) is 0 Å². The Morgan fingerprint density at radius 2 is 0.898 bits per heavy atom. The van der Waals surface area contributed by atoms with E-state index in [1.165, 1.54) is 76.1 Å². The van der Waals surface area contributed by atoms with Crippen LogP contribution in [0.2, 0.25) is 0 Å². The van der Waals surface area contributed by atoms with Crippen LogP contribution in [0.4, 0.5) is 0 Å². The van der Waals surface area contributed by atoms with Gasteiger partial charge in [0.25, 0.3) is 0 Å². The first-order valence-electron chi connectivity index (χ1n) is 16.7. The van der Waals surface area contributed by atoms with Gasteiger partial charge in [-0.3, -0.25) is 0 Å². The number of nitriles is 1. The van der Waals surface area contributed by atoms with E-state index < -0.39 is 0 Å². The molecular formula is C47H26N2. The molecular weight excluding hydrogens is 593 g/mol. The highest BCUT2D eigenvalue weighted by Crippen LogP contribution is 2.44. The maximum absolute atomic E-state index is 9.93. The van der Waals surface area contributed by atoms with E-state index >= 15 is 0 Å². The molecule has 0 bridgehead atoms. The topological polar surface area (TPSA) is 28.7 Å². The molecule has 0 aliphatic carbocycles. The van der Waals surface area contributed by atoms with E-state index in [0.717, 1.165) is 27.5 Å². The van der Waals surface area contributed by atoms with Crippen molar-refractivity contribution in [3.8, 4) is 34.0 Å². The second kappa shape index (κ2) is 9.67. The zero-order valence-corrected chi connectivity index (χ0v) is 26.4. The maximum Gasteiger partial charge on any atom is 0.0998 e. The van der Waals surface area contributed by atoms with Crippen LogP contribution in [0.15, 0.2) is 158 Å². The summed E-state index contributed by atoms with van der Waals surface area (Å²) in [5, 5.41) is 24.7. The van der Waals surface area contributed by atoms with E-state index in [-0.39, 0.29) is 0 Å². The zero-order valence-electron chi connectivity index (χ0n) is 26.4. The van der Waals surface area contributed by atoms with Crippen molar-refractivity contribution in [3.63, 3.8) is 0 Å². The molecule has 0 amide bonds. The van der Waals surface area contributed by atoms with E-state index in [0.29, 0.717) is 5.56 Å². The molecule has 0 unspecified atom stereocenters. The number of benzene rings is 10. The molecule has 0 radical (unpaired) electrons. The van der Waals surface area contributed by atoms with Gasteiger partial charge in [-0.1, -0.05) is 91.0 Å². The molecule has 0 fully saturated rings. The molecule has 0 saturated heterocycles. The van der Waals surface area contributed by atoms with Gasteiger partial charge < -0.3 is 4.57 Å². The van der Waals surface area contributed by atoms with Crippen molar-refractivity contribution >= 4 is 75.7 Å². The second-order valence-corrected chi connectivity index (χ2v) is 13.3. The summed E-state index contributed by atoms with van der Waals surface area (Å²) in [5.74, 6) is 0. The molecule has 0 spiro atoms. The Hall–Kier alpha value is -6.69. The lowest BCUT2D eigenvalue weighted by Gasteiger charge is -2.15. The van der Waals surface area contributed by atoms with E-state index in [2.05, 4.69) is 162 Å². The van der Waals surface area contributed by atoms with Gasteiger partial charge in [0.15, 0.2) is 0 Å². The van der Waals surface area contributed by atoms with Crippen molar-refractivity contribution in [2.24, 2.45) is 0 Å². The summed E-state index contributed by atoms with van der Waals surface area (Å²) in [4.78, 5) is 0. The van der Waals surface area contributed by atoms with Crippen LogP contribution in [0.1, 0.15) is 5.56 Å². The molecule has 11 rings (SSSR count). The Morgan fingerprint density at radius 3 is 1.57 bits per heavy atom. The first-order chi connectivity index (χ1) is 24.2. The van der Waals surface area contributed by atoms with E-state index in [1.54, 1.807) is 0 Å². The summed E-state index contributed by atoms with van der Waals surface area (Å²) < 4.78 is 2.35. The van der Waals surface area contributed by atoms with Crippen molar-refractivity contribution in [1.82, 2.24) is 4.57 Å². The van der Waals surface area contributed by atoms with Gasteiger partial charge in [0, 0.05) is 21.8 Å². The summed E-state index contributed by atoms with van der Waals surface area (Å²) in [6.07, 6.45) is 0. The fourth-order valence-electron chi connectivity index (χ4n) is 8.42. The smallest absolute Gasteiger partial charge is 0.0998 e. The van der Waals surface area contributed by atoms with Crippen molar-refractivity contribution in [2.75, 3.05) is 0 Å². The first-order valence-corrected chi connectivity index (χ1v) is 16.7. The monoisotopic (exact) mass is 618 g/mol. The van der Waals surface area contributed by atoms with Crippen LogP contribution in [0.5, 0.6) is 0 Å². The van der Waals surface area contributed by atoms with Gasteiger partial charge in [0.2, 0.25) is 0 Å². The normalized spacial score (nSPS) is 12.1. The Morgan fingerprint density at radius 1 is 0.367 bits per heavy atom. The lowest BCUT2D eigenvalue weighted by atomic mass is 9.89. The molecule has 11 aromatic rings. The Balaban J connectivity index is 1.12. The van der Waals surface area contributed by atoms with E-state index in [1.807, 2.05) is 6.07 Å². The van der Waals surface area contributed by atoms with E-state index in [4.69, 9.17) is 0 Å². The number of hydrogen-bond acceptors (Lipinski definition) is 1. The fourth-order valence-corrected chi connectivity index (χ4v) is 8.42. The largest absolute Gasteiger partial charge is 0.309 e. The Kier molecular flexibility index (Phi) is 5.21. The minimum absolute atomic E-state index is 0.710. The summed E-state index contributed by atoms with van der Waals surface area (Å²) in [5.41, 5.74) is 8.96. The summed E-state index contributed by atoms with van der Waals surface area (Å²) in [7, 11) is 0. The highest BCUT2D eigenvalue weighted by atomic mass is 15.0. The average molecular weight is 619 g/mol. The van der Waals surface area contributed by atoms with Crippen LogP contribution in [0.25, 0.3) is 104 Å². The number of aromatic nitrogens is 1. The third kappa shape index (κ3) is 3.70. The van der Waals surface area contributed by atoms with E-state index in [9.17, 15) is 5.26 Å². The molecule has 1 aromatic heterocycles. The lowest BCUT2D eigenvalue weighted by molar-refractivity contribution is 1.18. The van der Waals surface area contributed by atoms with Crippen molar-refractivity contribution in [2.45, 2.75) is 0 Å². The Labute approximate surface area is 282 Å². The van der Waals surface area contributed by atoms with Crippen LogP contribution in [-0.4, -0.2) is 4.57 Å². The molecule has 224 valence electrons. The number of para-hydroxylation sites is 1. The highest BCUT2D eigenvalue weighted by molar-refractivity contribution is 6.27. The first kappa shape index (κ1) is 26.4. The number of fused-ring (bicyclic) bond motifs is 1. The standard InChI is InChI=1S/C47H26N2/c48-27-36-17-19-42-47-41(36)18-16-35-25-39(26-43(46(35)47)49(42)40-8-2-1-3-9-40)38-23-33-14-12-31-21-37(22-32-13-15-34(24-38)45(33)44(31)32)30-11-10-28-6-4-5-7-29(28)20-30/h1-26H. The predicted molar refractivity (Wildman–Crippen MR) is 206 cm³/mol. The second-order valence-electron chi connectivity index (χ2n) is 13.3. The summed E-state index contributed by atoms with van der Waals surface area (Å²) >= 11 is 0. The molecule has 0 aliphatic rings. The lowest BCUT2D eigenvalue weighted by Crippen LogP contribution is -1.93. The minimum Gasteiger partial charge on any atom is -0.309 e. The van der Waals surface area contributed by atoms with Gasteiger partial charge in [-0.05, 0) is 137 Å². The fraction of sp³-hybridized carbons (Fsp3) is 0. The van der Waals surface area contributed by atoms with Gasteiger partial charge in [-0.15, -0.1) is 0 Å². The van der Waals surface area contributed by atoms with Gasteiger partial charge in [0.05, 0.1) is 22.7 Å². The molecule has 2 nitrogen and oxygen atoms in total. The number of nitrogens with zero attached hydrogens (tertiary/aromatic N) is 2. The number of hydrogen-bond donors (Lipinski definition) is 0. The quantitative estimate of drug-likeness (QED) is 0.181. The zero-order chi connectivity index (χ0) is 32.2. The molecule has 0 saturated carbocycles. The third-order valence-electron chi connectivity index (χ3n) is 10.6. The van der Waals surface area contributed by atoms with Gasteiger partial charge in [0.1, 0.15) is 0 Å². The van der Waals surface area contributed by atoms with Crippen LogP contribution < -0.4 is 0 Å². The number of rotatable bonds is 3. The molecule has 0 aliphatic heterocycles. The minimum atomic E-state index is 0.710. The molecule has 1 heterocycles. The van der Waals surface area contributed by atoms with Crippen LogP contribution in [0.3, 0.4) is 0 Å². The highest BCUT2D eigenvalue weighted by Gasteiger charge is 2.20. The Bertz CT molecular complexity index is 3090. The molecule has 0 N–H and O–H groups in total. The van der Waals surface area contributed by atoms with Gasteiger partial charge in [-0.25, -0.2) is 0 Å². The van der Waals surface area contributed by atoms with Crippen molar-refractivity contribution < 1.29 is 0 Å². The van der Waals surface area contributed by atoms with Crippen LogP contribution >= 0.6 is 0 Å². The molecule has 0 atom stereocenters. The molecule has 10 aromatic carbocycles.